The van der Waals surface area contributed by atoms with Gasteiger partial charge in [0.25, 0.3) is 11.7 Å². The molecular weight excluding hydrogens is 416 g/mol. The molecule has 2 aliphatic rings. The molecule has 5 rings (SSSR count). The van der Waals surface area contributed by atoms with Crippen LogP contribution in [0.3, 0.4) is 0 Å². The molecule has 2 aliphatic heterocycles. The Bertz CT molecular complexity index is 1290. The number of fused-ring (bicyclic) bond motifs is 1. The van der Waals surface area contributed by atoms with E-state index in [0.29, 0.717) is 29.9 Å². The van der Waals surface area contributed by atoms with Crippen LogP contribution in [0.25, 0.3) is 5.76 Å². The van der Waals surface area contributed by atoms with Crippen LogP contribution in [0.5, 0.6) is 5.75 Å². The number of benzene rings is 3. The second-order valence-corrected chi connectivity index (χ2v) is 7.60. The first-order valence-corrected chi connectivity index (χ1v) is 10.0. The summed E-state index contributed by atoms with van der Waals surface area (Å²) in [6.45, 7) is 0.532. The van der Waals surface area contributed by atoms with Crippen LogP contribution in [-0.4, -0.2) is 23.4 Å². The summed E-state index contributed by atoms with van der Waals surface area (Å²) < 4.78 is 33.0. The zero-order valence-corrected chi connectivity index (χ0v) is 16.7. The van der Waals surface area contributed by atoms with Gasteiger partial charge in [-0.25, -0.2) is 8.78 Å². The van der Waals surface area contributed by atoms with Crippen molar-refractivity contribution in [2.24, 2.45) is 0 Å². The summed E-state index contributed by atoms with van der Waals surface area (Å²) in [5.74, 6) is -3.68. The van der Waals surface area contributed by atoms with Crippen molar-refractivity contribution in [2.45, 2.75) is 12.5 Å². The molecular formula is C25H17F2NO4. The van der Waals surface area contributed by atoms with Crippen LogP contribution in [0.4, 0.5) is 14.5 Å². The minimum Gasteiger partial charge on any atom is -0.507 e. The first-order chi connectivity index (χ1) is 15.5. The highest BCUT2D eigenvalue weighted by Gasteiger charge is 2.47. The molecule has 1 fully saturated rings. The fraction of sp³-hybridized carbons (Fsp3) is 0.120. The van der Waals surface area contributed by atoms with Gasteiger partial charge in [0.2, 0.25) is 0 Å². The standard InChI is InChI=1S/C25H17F2NO4/c26-18-8-7-17(13-19(18)27)28-22(14-4-2-1-3-5-14)21(24(30)25(28)31)23(29)16-6-9-20-15(12-16)10-11-32-20/h1-9,12-13,22,29H,10-11H2/b23-21-. The minimum absolute atomic E-state index is 0.0151. The predicted octanol–water partition coefficient (Wildman–Crippen LogP) is 4.53. The SMILES string of the molecule is O=C1C(=O)N(c2ccc(F)c(F)c2)C(c2ccccc2)/C1=C(/O)c1ccc2c(c1)CCO2. The topological polar surface area (TPSA) is 66.8 Å². The van der Waals surface area contributed by atoms with Gasteiger partial charge in [-0.3, -0.25) is 14.5 Å². The highest BCUT2D eigenvalue weighted by atomic mass is 19.2. The van der Waals surface area contributed by atoms with E-state index in [9.17, 15) is 23.5 Å². The third-order valence-corrected chi connectivity index (χ3v) is 5.70. The second kappa shape index (κ2) is 7.60. The minimum atomic E-state index is -1.14. The molecule has 1 amide bonds. The van der Waals surface area contributed by atoms with Crippen molar-refractivity contribution in [3.05, 3.63) is 101 Å². The van der Waals surface area contributed by atoms with E-state index in [1.165, 1.54) is 6.07 Å². The molecule has 0 aliphatic carbocycles. The van der Waals surface area contributed by atoms with Crippen LogP contribution in [0, 0.1) is 11.6 Å². The van der Waals surface area contributed by atoms with E-state index < -0.39 is 29.4 Å². The van der Waals surface area contributed by atoms with Gasteiger partial charge in [0, 0.05) is 23.7 Å². The van der Waals surface area contributed by atoms with Crippen molar-refractivity contribution in [3.63, 3.8) is 0 Å². The molecule has 2 heterocycles. The lowest BCUT2D eigenvalue weighted by molar-refractivity contribution is -0.132. The number of aliphatic hydroxyl groups excluding tert-OH is 1. The largest absolute Gasteiger partial charge is 0.507 e. The third kappa shape index (κ3) is 3.13. The predicted molar refractivity (Wildman–Crippen MR) is 113 cm³/mol. The van der Waals surface area contributed by atoms with E-state index in [1.54, 1.807) is 48.5 Å². The number of aliphatic hydroxyl groups is 1. The van der Waals surface area contributed by atoms with Crippen molar-refractivity contribution in [3.8, 4) is 5.75 Å². The number of amides is 1. The van der Waals surface area contributed by atoms with Crippen LogP contribution in [0.15, 0.2) is 72.3 Å². The Kier molecular flexibility index (Phi) is 4.74. The van der Waals surface area contributed by atoms with Crippen LogP contribution in [0.1, 0.15) is 22.7 Å². The highest BCUT2D eigenvalue weighted by Crippen LogP contribution is 2.42. The van der Waals surface area contributed by atoms with E-state index in [1.807, 2.05) is 0 Å². The first-order valence-electron chi connectivity index (χ1n) is 10.0. The number of nitrogens with zero attached hydrogens (tertiary/aromatic N) is 1. The fourth-order valence-corrected chi connectivity index (χ4v) is 4.17. The Labute approximate surface area is 182 Å². The molecule has 1 N–H and O–H groups in total. The first kappa shape index (κ1) is 19.9. The molecule has 0 spiro atoms. The van der Waals surface area contributed by atoms with E-state index in [4.69, 9.17) is 4.74 Å². The van der Waals surface area contributed by atoms with Crippen molar-refractivity contribution in [2.75, 3.05) is 11.5 Å². The monoisotopic (exact) mass is 433 g/mol. The maximum Gasteiger partial charge on any atom is 0.300 e. The Morgan fingerprint density at radius 2 is 1.75 bits per heavy atom. The zero-order chi connectivity index (χ0) is 22.4. The lowest BCUT2D eigenvalue weighted by Gasteiger charge is -2.25. The molecule has 1 saturated heterocycles. The van der Waals surface area contributed by atoms with Crippen LogP contribution in [-0.2, 0) is 16.0 Å². The molecule has 7 heteroatoms. The number of carbonyl (C=O) groups is 2. The molecule has 0 bridgehead atoms. The number of halogens is 2. The van der Waals surface area contributed by atoms with Crippen molar-refractivity contribution in [1.82, 2.24) is 0 Å². The maximum atomic E-state index is 14.0. The van der Waals surface area contributed by atoms with Gasteiger partial charge in [-0.1, -0.05) is 30.3 Å². The van der Waals surface area contributed by atoms with E-state index in [0.717, 1.165) is 22.6 Å². The summed E-state index contributed by atoms with van der Waals surface area (Å²) in [5, 5.41) is 11.1. The van der Waals surface area contributed by atoms with Crippen LogP contribution in [0.2, 0.25) is 0 Å². The van der Waals surface area contributed by atoms with Gasteiger partial charge in [-0.2, -0.15) is 0 Å². The maximum absolute atomic E-state index is 14.0. The van der Waals surface area contributed by atoms with Gasteiger partial charge in [-0.05, 0) is 41.5 Å². The number of hydrogen-bond donors (Lipinski definition) is 1. The summed E-state index contributed by atoms with van der Waals surface area (Å²) in [6, 6.07) is 15.7. The number of rotatable bonds is 3. The van der Waals surface area contributed by atoms with Gasteiger partial charge >= 0.3 is 0 Å². The summed E-state index contributed by atoms with van der Waals surface area (Å²) in [4.78, 5) is 27.2. The Morgan fingerprint density at radius 3 is 2.50 bits per heavy atom. The lowest BCUT2D eigenvalue weighted by Crippen LogP contribution is -2.29. The summed E-state index contributed by atoms with van der Waals surface area (Å²) in [5.41, 5.74) is 1.70. The van der Waals surface area contributed by atoms with Gasteiger partial charge in [0.05, 0.1) is 18.2 Å². The molecule has 0 aromatic heterocycles. The van der Waals surface area contributed by atoms with Crippen molar-refractivity contribution < 1.29 is 28.2 Å². The number of hydrogen-bond acceptors (Lipinski definition) is 4. The molecule has 1 unspecified atom stereocenters. The van der Waals surface area contributed by atoms with E-state index in [2.05, 4.69) is 0 Å². The van der Waals surface area contributed by atoms with Crippen molar-refractivity contribution in [1.29, 1.82) is 0 Å². The number of ketones is 1. The highest BCUT2D eigenvalue weighted by molar-refractivity contribution is 6.51. The van der Waals surface area contributed by atoms with E-state index >= 15 is 0 Å². The number of ether oxygens (including phenoxy) is 1. The molecule has 3 aromatic carbocycles. The molecule has 5 nitrogen and oxygen atoms in total. The van der Waals surface area contributed by atoms with Gasteiger partial charge < -0.3 is 9.84 Å². The number of carbonyl (C=O) groups excluding carboxylic acids is 2. The van der Waals surface area contributed by atoms with Crippen LogP contribution >= 0.6 is 0 Å². The smallest absolute Gasteiger partial charge is 0.300 e. The average molecular weight is 433 g/mol. The third-order valence-electron chi connectivity index (χ3n) is 5.70. The van der Waals surface area contributed by atoms with Crippen LogP contribution < -0.4 is 9.64 Å². The second-order valence-electron chi connectivity index (χ2n) is 7.60. The van der Waals surface area contributed by atoms with Gasteiger partial charge in [0.1, 0.15) is 11.5 Å². The average Bonchev–Trinajstić information content (AvgIpc) is 3.38. The summed E-state index contributed by atoms with van der Waals surface area (Å²) in [7, 11) is 0. The lowest BCUT2D eigenvalue weighted by atomic mass is 9.94. The quantitative estimate of drug-likeness (QED) is 0.375. The molecule has 32 heavy (non-hydrogen) atoms. The Morgan fingerprint density at radius 1 is 0.969 bits per heavy atom. The van der Waals surface area contributed by atoms with Crippen molar-refractivity contribution >= 4 is 23.1 Å². The Balaban J connectivity index is 1.70. The normalized spacial score (nSPS) is 19.2. The summed E-state index contributed by atoms with van der Waals surface area (Å²) >= 11 is 0. The zero-order valence-electron chi connectivity index (χ0n) is 16.7. The molecule has 1 atom stereocenters. The molecule has 3 aromatic rings. The molecule has 160 valence electrons. The summed E-state index contributed by atoms with van der Waals surface area (Å²) in [6.07, 6.45) is 0.668. The van der Waals surface area contributed by atoms with E-state index in [-0.39, 0.29) is 17.0 Å². The fourth-order valence-electron chi connectivity index (χ4n) is 4.17. The number of Topliss-reactive ketones (excluding diaryl/α,β-unsaturated/α-hetero) is 1. The number of anilines is 1. The molecule has 0 saturated carbocycles. The van der Waals surface area contributed by atoms with Gasteiger partial charge in [-0.15, -0.1) is 0 Å². The van der Waals surface area contributed by atoms with Gasteiger partial charge in [0.15, 0.2) is 11.6 Å². The Hall–Kier alpha value is -4.00. The molecule has 0 radical (unpaired) electrons.